The first kappa shape index (κ1) is 18.8. The van der Waals surface area contributed by atoms with Crippen LogP contribution in [0.3, 0.4) is 0 Å². The number of carbonyl (C=O) groups excluding carboxylic acids is 1. The molecule has 7 nitrogen and oxygen atoms in total. The van der Waals surface area contributed by atoms with E-state index in [1.165, 1.54) is 12.1 Å². The first-order valence-electron chi connectivity index (χ1n) is 7.54. The summed E-state index contributed by atoms with van der Waals surface area (Å²) < 4.78 is 32.8. The number of sulfonamides is 1. The Kier molecular flexibility index (Phi) is 6.37. The smallest absolute Gasteiger partial charge is 0.257 e. The van der Waals surface area contributed by atoms with Crippen LogP contribution in [-0.4, -0.2) is 34.6 Å². The van der Waals surface area contributed by atoms with Gasteiger partial charge in [-0.2, -0.15) is 0 Å². The van der Waals surface area contributed by atoms with Gasteiger partial charge in [0.15, 0.2) is 6.61 Å². The lowest BCUT2D eigenvalue weighted by Gasteiger charge is -2.09. The molecular formula is C17H20N2O5S. The van der Waals surface area contributed by atoms with E-state index < -0.39 is 10.0 Å². The van der Waals surface area contributed by atoms with E-state index in [1.807, 2.05) is 0 Å². The van der Waals surface area contributed by atoms with Crippen molar-refractivity contribution in [1.29, 1.82) is 0 Å². The largest absolute Gasteiger partial charge is 0.497 e. The first-order valence-corrected chi connectivity index (χ1v) is 9.08. The van der Waals surface area contributed by atoms with Crippen LogP contribution in [0.2, 0.25) is 0 Å². The summed E-state index contributed by atoms with van der Waals surface area (Å²) in [6.07, 6.45) is 0.565. The normalized spacial score (nSPS) is 11.0. The number of rotatable bonds is 8. The number of primary sulfonamides is 1. The molecule has 0 saturated carbocycles. The van der Waals surface area contributed by atoms with Crippen LogP contribution in [-0.2, 0) is 21.2 Å². The van der Waals surface area contributed by atoms with Crippen LogP contribution in [0.25, 0.3) is 0 Å². The maximum atomic E-state index is 11.8. The fourth-order valence-corrected chi connectivity index (χ4v) is 2.60. The van der Waals surface area contributed by atoms with Gasteiger partial charge in [0.1, 0.15) is 11.5 Å². The van der Waals surface area contributed by atoms with Crippen molar-refractivity contribution in [3.05, 3.63) is 54.1 Å². The average molecular weight is 364 g/mol. The molecule has 1 amide bonds. The van der Waals surface area contributed by atoms with Crippen molar-refractivity contribution in [2.24, 2.45) is 5.14 Å². The summed E-state index contributed by atoms with van der Waals surface area (Å²) in [4.78, 5) is 11.8. The van der Waals surface area contributed by atoms with E-state index in [-0.39, 0.29) is 17.4 Å². The number of hydrogen-bond acceptors (Lipinski definition) is 5. The Bertz CT molecular complexity index is 819. The number of ether oxygens (including phenoxy) is 2. The van der Waals surface area contributed by atoms with E-state index in [4.69, 9.17) is 14.6 Å². The predicted octanol–water partition coefficient (Wildman–Crippen LogP) is 1.08. The minimum atomic E-state index is -3.69. The first-order chi connectivity index (χ1) is 11.9. The second-order valence-electron chi connectivity index (χ2n) is 5.26. The lowest BCUT2D eigenvalue weighted by atomic mass is 10.1. The van der Waals surface area contributed by atoms with Gasteiger partial charge in [-0.25, -0.2) is 13.6 Å². The predicted molar refractivity (Wildman–Crippen MR) is 93.0 cm³/mol. The second kappa shape index (κ2) is 8.50. The molecule has 0 aromatic heterocycles. The van der Waals surface area contributed by atoms with Crippen molar-refractivity contribution < 1.29 is 22.7 Å². The topological polar surface area (TPSA) is 108 Å². The SMILES string of the molecule is COc1cccc(OCC(=O)NCCc2ccc(S(N)(=O)=O)cc2)c1. The third-order valence-corrected chi connectivity index (χ3v) is 4.33. The Labute approximate surface area is 146 Å². The summed E-state index contributed by atoms with van der Waals surface area (Å²) in [5.41, 5.74) is 0.890. The van der Waals surface area contributed by atoms with E-state index in [9.17, 15) is 13.2 Å². The van der Waals surface area contributed by atoms with E-state index >= 15 is 0 Å². The Morgan fingerprint density at radius 3 is 2.44 bits per heavy atom. The fraction of sp³-hybridized carbons (Fsp3) is 0.235. The van der Waals surface area contributed by atoms with Gasteiger partial charge in [-0.3, -0.25) is 4.79 Å². The molecule has 0 heterocycles. The molecule has 0 aliphatic heterocycles. The lowest BCUT2D eigenvalue weighted by Crippen LogP contribution is -2.30. The zero-order valence-electron chi connectivity index (χ0n) is 13.8. The van der Waals surface area contributed by atoms with Gasteiger partial charge in [0, 0.05) is 12.6 Å². The van der Waals surface area contributed by atoms with Gasteiger partial charge in [-0.15, -0.1) is 0 Å². The molecule has 25 heavy (non-hydrogen) atoms. The molecule has 0 unspecified atom stereocenters. The maximum absolute atomic E-state index is 11.8. The molecule has 0 atom stereocenters. The van der Waals surface area contributed by atoms with E-state index in [1.54, 1.807) is 43.5 Å². The summed E-state index contributed by atoms with van der Waals surface area (Å²) in [5, 5.41) is 7.78. The van der Waals surface area contributed by atoms with Crippen LogP contribution in [0.4, 0.5) is 0 Å². The third kappa shape index (κ3) is 6.09. The lowest BCUT2D eigenvalue weighted by molar-refractivity contribution is -0.123. The molecule has 2 aromatic rings. The van der Waals surface area contributed by atoms with Crippen molar-refractivity contribution in [2.75, 3.05) is 20.3 Å². The number of carbonyl (C=O) groups is 1. The van der Waals surface area contributed by atoms with Gasteiger partial charge in [-0.05, 0) is 36.2 Å². The summed E-state index contributed by atoms with van der Waals surface area (Å²) in [7, 11) is -2.13. The fourth-order valence-electron chi connectivity index (χ4n) is 2.08. The number of benzene rings is 2. The Balaban J connectivity index is 1.75. The molecule has 3 N–H and O–H groups in total. The number of nitrogens with two attached hydrogens (primary N) is 1. The molecule has 0 fully saturated rings. The van der Waals surface area contributed by atoms with E-state index in [0.717, 1.165) is 5.56 Å². The molecule has 2 rings (SSSR count). The van der Waals surface area contributed by atoms with Crippen molar-refractivity contribution in [3.63, 3.8) is 0 Å². The van der Waals surface area contributed by atoms with E-state index in [2.05, 4.69) is 5.32 Å². The monoisotopic (exact) mass is 364 g/mol. The van der Waals surface area contributed by atoms with Gasteiger partial charge in [-0.1, -0.05) is 18.2 Å². The number of nitrogens with one attached hydrogen (secondary N) is 1. The van der Waals surface area contributed by atoms with Crippen molar-refractivity contribution >= 4 is 15.9 Å². The van der Waals surface area contributed by atoms with Gasteiger partial charge >= 0.3 is 0 Å². The quantitative estimate of drug-likeness (QED) is 0.729. The zero-order chi connectivity index (χ0) is 18.3. The molecule has 0 spiro atoms. The number of hydrogen-bond donors (Lipinski definition) is 2. The highest BCUT2D eigenvalue weighted by molar-refractivity contribution is 7.89. The Morgan fingerprint density at radius 2 is 1.80 bits per heavy atom. The molecule has 134 valence electrons. The summed E-state index contributed by atoms with van der Waals surface area (Å²) in [6.45, 7) is 0.312. The molecule has 2 aromatic carbocycles. The highest BCUT2D eigenvalue weighted by atomic mass is 32.2. The zero-order valence-corrected chi connectivity index (χ0v) is 14.6. The average Bonchev–Trinajstić information content (AvgIpc) is 2.60. The van der Waals surface area contributed by atoms with Crippen LogP contribution in [0, 0.1) is 0 Å². The van der Waals surface area contributed by atoms with Crippen LogP contribution in [0.1, 0.15) is 5.56 Å². The molecule has 0 radical (unpaired) electrons. The van der Waals surface area contributed by atoms with Crippen molar-refractivity contribution in [2.45, 2.75) is 11.3 Å². The maximum Gasteiger partial charge on any atom is 0.257 e. The van der Waals surface area contributed by atoms with Crippen molar-refractivity contribution in [3.8, 4) is 11.5 Å². The van der Waals surface area contributed by atoms with Gasteiger partial charge < -0.3 is 14.8 Å². The molecule has 8 heteroatoms. The van der Waals surface area contributed by atoms with Crippen LogP contribution < -0.4 is 19.9 Å². The third-order valence-electron chi connectivity index (χ3n) is 3.40. The van der Waals surface area contributed by atoms with Gasteiger partial charge in [0.2, 0.25) is 10.0 Å². The van der Waals surface area contributed by atoms with Crippen molar-refractivity contribution in [1.82, 2.24) is 5.32 Å². The van der Waals surface area contributed by atoms with E-state index in [0.29, 0.717) is 24.5 Å². The molecule has 0 aliphatic rings. The molecule has 0 aliphatic carbocycles. The molecule has 0 bridgehead atoms. The molecule has 0 saturated heterocycles. The summed E-state index contributed by atoms with van der Waals surface area (Å²) in [6, 6.07) is 13.2. The summed E-state index contributed by atoms with van der Waals surface area (Å²) in [5.74, 6) is 0.956. The van der Waals surface area contributed by atoms with Gasteiger partial charge in [0.05, 0.1) is 12.0 Å². The Morgan fingerprint density at radius 1 is 1.12 bits per heavy atom. The number of methoxy groups -OCH3 is 1. The van der Waals surface area contributed by atoms with Gasteiger partial charge in [0.25, 0.3) is 5.91 Å². The number of amides is 1. The van der Waals surface area contributed by atoms with Crippen LogP contribution >= 0.6 is 0 Å². The van der Waals surface area contributed by atoms with Crippen LogP contribution in [0.15, 0.2) is 53.4 Å². The highest BCUT2D eigenvalue weighted by Gasteiger charge is 2.07. The second-order valence-corrected chi connectivity index (χ2v) is 6.82. The minimum absolute atomic E-state index is 0.0620. The Hall–Kier alpha value is -2.58. The van der Waals surface area contributed by atoms with Crippen LogP contribution in [0.5, 0.6) is 11.5 Å². The standard InChI is InChI=1S/C17H20N2O5S/c1-23-14-3-2-4-15(11-14)24-12-17(20)19-10-9-13-5-7-16(8-6-13)25(18,21)22/h2-8,11H,9-10,12H2,1H3,(H,19,20)(H2,18,21,22). The minimum Gasteiger partial charge on any atom is -0.497 e. The summed E-state index contributed by atoms with van der Waals surface area (Å²) >= 11 is 0. The molecular weight excluding hydrogens is 344 g/mol. The highest BCUT2D eigenvalue weighted by Crippen LogP contribution is 2.18.